The lowest BCUT2D eigenvalue weighted by atomic mass is 10.0. The van der Waals surface area contributed by atoms with Gasteiger partial charge in [0.1, 0.15) is 0 Å². The number of aryl methyl sites for hydroxylation is 1. The van der Waals surface area contributed by atoms with E-state index in [2.05, 4.69) is 35.2 Å². The summed E-state index contributed by atoms with van der Waals surface area (Å²) in [5.41, 5.74) is 9.96. The molecule has 1 unspecified atom stereocenters. The summed E-state index contributed by atoms with van der Waals surface area (Å²) >= 11 is 6.40. The van der Waals surface area contributed by atoms with Gasteiger partial charge in [-0.2, -0.15) is 0 Å². The number of nitrogens with zero attached hydrogens (tertiary/aromatic N) is 1. The Hall–Kier alpha value is -1.51. The Morgan fingerprint density at radius 2 is 1.81 bits per heavy atom. The van der Waals surface area contributed by atoms with Crippen molar-refractivity contribution in [2.24, 2.45) is 5.73 Å². The number of hydrogen-bond donors (Lipinski definition) is 1. The number of fused-ring (bicyclic) bond motifs is 1. The van der Waals surface area contributed by atoms with Crippen LogP contribution in [0.1, 0.15) is 30.0 Å². The van der Waals surface area contributed by atoms with Crippen LogP contribution in [0, 0.1) is 0 Å². The summed E-state index contributed by atoms with van der Waals surface area (Å²) in [4.78, 5) is 2.43. The molecule has 21 heavy (non-hydrogen) atoms. The Balaban J connectivity index is 2.03. The van der Waals surface area contributed by atoms with E-state index in [1.807, 2.05) is 18.2 Å². The lowest BCUT2D eigenvalue weighted by molar-refractivity contribution is 0.611. The first kappa shape index (κ1) is 14.4. The van der Waals surface area contributed by atoms with Crippen LogP contribution in [-0.4, -0.2) is 13.1 Å². The van der Waals surface area contributed by atoms with E-state index in [1.165, 1.54) is 24.1 Å². The zero-order chi connectivity index (χ0) is 14.7. The average Bonchev–Trinajstić information content (AvgIpc) is 2.73. The van der Waals surface area contributed by atoms with Crippen molar-refractivity contribution in [2.75, 3.05) is 18.0 Å². The second-order valence-corrected chi connectivity index (χ2v) is 5.96. The van der Waals surface area contributed by atoms with Crippen LogP contribution in [0.25, 0.3) is 0 Å². The van der Waals surface area contributed by atoms with Crippen molar-refractivity contribution in [3.05, 3.63) is 64.7 Å². The van der Waals surface area contributed by atoms with E-state index in [0.717, 1.165) is 23.6 Å². The number of nitrogens with two attached hydrogens (primary N) is 1. The van der Waals surface area contributed by atoms with Gasteiger partial charge in [-0.25, -0.2) is 0 Å². The van der Waals surface area contributed by atoms with Gasteiger partial charge in [0.15, 0.2) is 0 Å². The number of halogens is 1. The molecule has 1 atom stereocenters. The van der Waals surface area contributed by atoms with Gasteiger partial charge >= 0.3 is 0 Å². The maximum absolute atomic E-state index is 6.40. The monoisotopic (exact) mass is 300 g/mol. The normalized spacial score (nSPS) is 16.2. The summed E-state index contributed by atoms with van der Waals surface area (Å²) in [5, 5.41) is 0.801. The van der Waals surface area contributed by atoms with Gasteiger partial charge in [-0.05, 0) is 42.5 Å². The number of benzene rings is 2. The number of para-hydroxylation sites is 1. The molecule has 1 aliphatic heterocycles. The Bertz CT molecular complexity index is 612. The summed E-state index contributed by atoms with van der Waals surface area (Å²) in [6.45, 7) is 1.60. The molecule has 0 saturated heterocycles. The highest BCUT2D eigenvalue weighted by atomic mass is 35.5. The van der Waals surface area contributed by atoms with Crippen molar-refractivity contribution in [1.29, 1.82) is 0 Å². The Morgan fingerprint density at radius 3 is 2.62 bits per heavy atom. The first-order chi connectivity index (χ1) is 10.3. The second kappa shape index (κ2) is 6.50. The summed E-state index contributed by atoms with van der Waals surface area (Å²) in [6.07, 6.45) is 3.56. The summed E-state index contributed by atoms with van der Waals surface area (Å²) in [7, 11) is 0. The van der Waals surface area contributed by atoms with Crippen LogP contribution in [0.4, 0.5) is 5.69 Å². The van der Waals surface area contributed by atoms with Gasteiger partial charge in [0.2, 0.25) is 0 Å². The molecule has 3 heteroatoms. The molecule has 110 valence electrons. The van der Waals surface area contributed by atoms with E-state index in [9.17, 15) is 0 Å². The molecule has 0 spiro atoms. The zero-order valence-corrected chi connectivity index (χ0v) is 12.9. The highest BCUT2D eigenvalue weighted by Crippen LogP contribution is 2.35. The maximum Gasteiger partial charge on any atom is 0.0679 e. The molecule has 2 nitrogen and oxygen atoms in total. The zero-order valence-electron chi connectivity index (χ0n) is 12.1. The molecule has 0 bridgehead atoms. The van der Waals surface area contributed by atoms with E-state index in [-0.39, 0.29) is 6.04 Å². The summed E-state index contributed by atoms with van der Waals surface area (Å²) < 4.78 is 0. The lowest BCUT2D eigenvalue weighted by Gasteiger charge is -2.34. The van der Waals surface area contributed by atoms with Crippen LogP contribution in [0.5, 0.6) is 0 Å². The molecule has 0 saturated carbocycles. The van der Waals surface area contributed by atoms with Crippen molar-refractivity contribution in [1.82, 2.24) is 0 Å². The first-order valence-electron chi connectivity index (χ1n) is 7.60. The van der Waals surface area contributed by atoms with Crippen LogP contribution >= 0.6 is 11.6 Å². The third kappa shape index (κ3) is 2.92. The van der Waals surface area contributed by atoms with E-state index >= 15 is 0 Å². The molecule has 2 aromatic carbocycles. The van der Waals surface area contributed by atoms with Gasteiger partial charge in [0, 0.05) is 23.8 Å². The molecule has 1 heterocycles. The molecule has 0 radical (unpaired) electrons. The molecule has 0 aromatic heterocycles. The molecule has 2 N–H and O–H groups in total. The third-order valence-corrected chi connectivity index (χ3v) is 4.60. The van der Waals surface area contributed by atoms with Crippen molar-refractivity contribution in [3.8, 4) is 0 Å². The predicted octanol–water partition coefficient (Wildman–Crippen LogP) is 4.18. The van der Waals surface area contributed by atoms with Gasteiger partial charge in [0.25, 0.3) is 0 Å². The Labute approximate surface area is 131 Å². The van der Waals surface area contributed by atoms with Crippen molar-refractivity contribution < 1.29 is 0 Å². The van der Waals surface area contributed by atoms with Gasteiger partial charge in [-0.3, -0.25) is 0 Å². The molecule has 1 aliphatic rings. The fourth-order valence-corrected chi connectivity index (χ4v) is 3.47. The molecule has 2 aromatic rings. The van der Waals surface area contributed by atoms with Crippen molar-refractivity contribution in [2.45, 2.75) is 25.3 Å². The highest BCUT2D eigenvalue weighted by molar-refractivity contribution is 6.31. The first-order valence-corrected chi connectivity index (χ1v) is 7.98. The summed E-state index contributed by atoms with van der Waals surface area (Å²) in [6, 6.07) is 16.8. The van der Waals surface area contributed by atoms with Crippen LogP contribution in [0.2, 0.25) is 5.02 Å². The Morgan fingerprint density at radius 1 is 1.05 bits per heavy atom. The number of rotatable bonds is 3. The minimum Gasteiger partial charge on any atom is -0.363 e. The smallest absolute Gasteiger partial charge is 0.0679 e. The Kier molecular flexibility index (Phi) is 4.47. The summed E-state index contributed by atoms with van der Waals surface area (Å²) in [5.74, 6) is 0. The molecular weight excluding hydrogens is 280 g/mol. The largest absolute Gasteiger partial charge is 0.363 e. The average molecular weight is 301 g/mol. The van der Waals surface area contributed by atoms with Crippen LogP contribution in [0.3, 0.4) is 0 Å². The fraction of sp³-hybridized carbons (Fsp3) is 0.333. The van der Waals surface area contributed by atoms with E-state index in [1.54, 1.807) is 0 Å². The molecule has 0 amide bonds. The minimum atomic E-state index is 0.137. The third-order valence-electron chi connectivity index (χ3n) is 4.26. The second-order valence-electron chi connectivity index (χ2n) is 5.55. The van der Waals surface area contributed by atoms with Gasteiger partial charge in [-0.15, -0.1) is 0 Å². The van der Waals surface area contributed by atoms with Crippen LogP contribution in [-0.2, 0) is 6.42 Å². The lowest BCUT2D eigenvalue weighted by Crippen LogP contribution is -2.34. The van der Waals surface area contributed by atoms with Gasteiger partial charge in [-0.1, -0.05) is 48.0 Å². The minimum absolute atomic E-state index is 0.137. The molecular formula is C18H21ClN2. The topological polar surface area (TPSA) is 29.3 Å². The molecule has 3 rings (SSSR count). The highest BCUT2D eigenvalue weighted by Gasteiger charge is 2.24. The van der Waals surface area contributed by atoms with E-state index in [4.69, 9.17) is 17.3 Å². The number of anilines is 1. The van der Waals surface area contributed by atoms with Crippen LogP contribution < -0.4 is 10.6 Å². The standard InChI is InChI=1S/C18H21ClN2/c19-16-10-3-2-9-15(16)18(13-20)21-12-6-5-8-14-7-1-4-11-17(14)21/h1-4,7,9-11,18H,5-6,8,12-13,20H2. The SMILES string of the molecule is NCC(c1ccccc1Cl)N1CCCCc2ccccc21. The predicted molar refractivity (Wildman–Crippen MR) is 90.0 cm³/mol. The maximum atomic E-state index is 6.40. The van der Waals surface area contributed by atoms with E-state index < -0.39 is 0 Å². The quantitative estimate of drug-likeness (QED) is 0.921. The van der Waals surface area contributed by atoms with Crippen molar-refractivity contribution in [3.63, 3.8) is 0 Å². The number of hydrogen-bond acceptors (Lipinski definition) is 2. The van der Waals surface area contributed by atoms with Gasteiger partial charge in [0.05, 0.1) is 6.04 Å². The van der Waals surface area contributed by atoms with E-state index in [0.29, 0.717) is 6.54 Å². The molecule has 0 aliphatic carbocycles. The van der Waals surface area contributed by atoms with Crippen molar-refractivity contribution >= 4 is 17.3 Å². The molecule has 0 fully saturated rings. The van der Waals surface area contributed by atoms with Crippen LogP contribution in [0.15, 0.2) is 48.5 Å². The van der Waals surface area contributed by atoms with Gasteiger partial charge < -0.3 is 10.6 Å². The fourth-order valence-electron chi connectivity index (χ4n) is 3.21.